The maximum absolute atomic E-state index is 12.5. The van der Waals surface area contributed by atoms with Crippen molar-refractivity contribution in [3.8, 4) is 11.5 Å². The zero-order chi connectivity index (χ0) is 20.2. The summed E-state index contributed by atoms with van der Waals surface area (Å²) in [6, 6.07) is 9.74. The van der Waals surface area contributed by atoms with Crippen LogP contribution in [0.15, 0.2) is 42.5 Å². The van der Waals surface area contributed by atoms with E-state index in [1.54, 1.807) is 23.5 Å². The summed E-state index contributed by atoms with van der Waals surface area (Å²) in [5.41, 5.74) is -0.336. The fourth-order valence-corrected chi connectivity index (χ4v) is 2.19. The van der Waals surface area contributed by atoms with E-state index >= 15 is 0 Å². The van der Waals surface area contributed by atoms with Crippen molar-refractivity contribution in [2.75, 3.05) is 12.4 Å². The van der Waals surface area contributed by atoms with E-state index in [1.165, 1.54) is 26.2 Å². The van der Waals surface area contributed by atoms with E-state index in [4.69, 9.17) is 9.47 Å². The summed E-state index contributed by atoms with van der Waals surface area (Å²) in [6.45, 7) is 1.17. The normalized spacial score (nSPS) is 10.9. The van der Waals surface area contributed by atoms with E-state index in [0.29, 0.717) is 0 Å². The minimum atomic E-state index is -5.12. The first-order chi connectivity index (χ1) is 12.6. The molecule has 0 bridgehead atoms. The quantitative estimate of drug-likeness (QED) is 0.486. The second-order valence-electron chi connectivity index (χ2n) is 5.32. The van der Waals surface area contributed by atoms with Gasteiger partial charge in [-0.15, -0.1) is 0 Å². The molecule has 6 nitrogen and oxygen atoms in total. The Bertz CT molecular complexity index is 879. The number of amides is 1. The van der Waals surface area contributed by atoms with Crippen molar-refractivity contribution in [3.05, 3.63) is 53.6 Å². The Morgan fingerprint density at radius 2 is 1.59 bits per heavy atom. The van der Waals surface area contributed by atoms with Crippen molar-refractivity contribution in [3.63, 3.8) is 0 Å². The van der Waals surface area contributed by atoms with Crippen LogP contribution >= 0.6 is 0 Å². The smallest absolute Gasteiger partial charge is 0.471 e. The van der Waals surface area contributed by atoms with Gasteiger partial charge in [-0.05, 0) is 19.1 Å². The number of nitrogens with one attached hydrogen (secondary N) is 1. The van der Waals surface area contributed by atoms with Gasteiger partial charge in [0.25, 0.3) is 0 Å². The maximum atomic E-state index is 12.5. The van der Waals surface area contributed by atoms with Gasteiger partial charge in [0.15, 0.2) is 5.78 Å². The molecular weight excluding hydrogens is 367 g/mol. The first kappa shape index (κ1) is 20.0. The number of rotatable bonds is 5. The number of benzene rings is 2. The third-order valence-electron chi connectivity index (χ3n) is 3.37. The lowest BCUT2D eigenvalue weighted by molar-refractivity contribution is -0.167. The van der Waals surface area contributed by atoms with Crippen LogP contribution in [-0.2, 0) is 4.79 Å². The fraction of sp³-hybridized carbons (Fsp3) is 0.167. The Hall–Kier alpha value is -3.36. The third-order valence-corrected chi connectivity index (χ3v) is 3.37. The largest absolute Gasteiger partial charge is 0.496 e. The molecule has 142 valence electrons. The number of anilines is 1. The third kappa shape index (κ3) is 4.84. The van der Waals surface area contributed by atoms with Crippen LogP contribution in [0.25, 0.3) is 0 Å². The molecule has 2 rings (SSSR count). The van der Waals surface area contributed by atoms with Crippen LogP contribution < -0.4 is 14.8 Å². The molecule has 27 heavy (non-hydrogen) atoms. The Morgan fingerprint density at radius 3 is 2.11 bits per heavy atom. The monoisotopic (exact) mass is 381 g/mol. The predicted octanol–water partition coefficient (Wildman–Crippen LogP) is 3.62. The van der Waals surface area contributed by atoms with Gasteiger partial charge < -0.3 is 14.8 Å². The van der Waals surface area contributed by atoms with Gasteiger partial charge in [-0.3, -0.25) is 9.59 Å². The molecule has 2 aromatic carbocycles. The van der Waals surface area contributed by atoms with Gasteiger partial charge in [0.1, 0.15) is 17.1 Å². The number of halogens is 3. The Labute approximate surface area is 151 Å². The van der Waals surface area contributed by atoms with Gasteiger partial charge in [-0.1, -0.05) is 18.2 Å². The number of hydrogen-bond donors (Lipinski definition) is 1. The number of carbonyl (C=O) groups excluding carboxylic acids is 3. The molecule has 1 amide bonds. The number of hydrogen-bond acceptors (Lipinski definition) is 5. The molecule has 0 saturated carbocycles. The van der Waals surface area contributed by atoms with Crippen molar-refractivity contribution >= 4 is 23.3 Å². The summed E-state index contributed by atoms with van der Waals surface area (Å²) in [4.78, 5) is 35.3. The number of carbonyl (C=O) groups is 3. The molecular formula is C18H14F3NO5. The van der Waals surface area contributed by atoms with Crippen LogP contribution in [-0.4, -0.2) is 30.9 Å². The van der Waals surface area contributed by atoms with Crippen LogP contribution in [0.3, 0.4) is 0 Å². The second-order valence-corrected chi connectivity index (χ2v) is 5.32. The molecule has 0 aliphatic rings. The van der Waals surface area contributed by atoms with Crippen LogP contribution in [0, 0.1) is 0 Å². The highest BCUT2D eigenvalue weighted by Crippen LogP contribution is 2.34. The van der Waals surface area contributed by atoms with Crippen molar-refractivity contribution in [1.82, 2.24) is 0 Å². The lowest BCUT2D eigenvalue weighted by atomic mass is 10.1. The highest BCUT2D eigenvalue weighted by molar-refractivity contribution is 6.03. The lowest BCUT2D eigenvalue weighted by Gasteiger charge is -2.15. The van der Waals surface area contributed by atoms with Crippen LogP contribution in [0.2, 0.25) is 0 Å². The first-order valence-electron chi connectivity index (χ1n) is 7.52. The number of alkyl halides is 3. The van der Waals surface area contributed by atoms with Gasteiger partial charge in [-0.2, -0.15) is 13.2 Å². The van der Waals surface area contributed by atoms with Crippen LogP contribution in [0.5, 0.6) is 11.5 Å². The molecule has 0 atom stereocenters. The summed E-state index contributed by atoms with van der Waals surface area (Å²) in [5, 5.41) is 1.63. The molecule has 0 spiro atoms. The minimum absolute atomic E-state index is 0.146. The Morgan fingerprint density at radius 1 is 1.00 bits per heavy atom. The predicted molar refractivity (Wildman–Crippen MR) is 89.1 cm³/mol. The average molecular weight is 381 g/mol. The van der Waals surface area contributed by atoms with Crippen molar-refractivity contribution in [2.24, 2.45) is 0 Å². The van der Waals surface area contributed by atoms with Crippen molar-refractivity contribution < 1.29 is 37.0 Å². The molecule has 0 aromatic heterocycles. The Balaban J connectivity index is 2.46. The molecule has 9 heteroatoms. The molecule has 0 unspecified atom stereocenters. The summed E-state index contributed by atoms with van der Waals surface area (Å²) in [6.07, 6.45) is -5.12. The Kier molecular flexibility index (Phi) is 5.84. The van der Waals surface area contributed by atoms with E-state index in [9.17, 15) is 27.6 Å². The number of methoxy groups -OCH3 is 1. The van der Waals surface area contributed by atoms with Crippen molar-refractivity contribution in [1.29, 1.82) is 0 Å². The summed E-state index contributed by atoms with van der Waals surface area (Å²) < 4.78 is 47.6. The van der Waals surface area contributed by atoms with Crippen LogP contribution in [0.4, 0.5) is 18.9 Å². The summed E-state index contributed by atoms with van der Waals surface area (Å²) in [7, 11) is 1.18. The van der Waals surface area contributed by atoms with Gasteiger partial charge in [0.2, 0.25) is 0 Å². The van der Waals surface area contributed by atoms with Gasteiger partial charge in [0, 0.05) is 17.8 Å². The standard InChI is InChI=1S/C18H14F3NO5/c1-10(23)15-13(26-2)8-12(22-17(25)18(19,20)21)9-14(15)27-16(24)11-6-4-3-5-7-11/h3-9H,1-2H3,(H,22,25). The number of Topliss-reactive ketones (excluding diaryl/α,β-unsaturated/α-hetero) is 1. The molecule has 0 aliphatic carbocycles. The van der Waals surface area contributed by atoms with E-state index < -0.39 is 23.8 Å². The summed E-state index contributed by atoms with van der Waals surface area (Å²) in [5.74, 6) is -4.09. The zero-order valence-electron chi connectivity index (χ0n) is 14.2. The van der Waals surface area contributed by atoms with E-state index in [2.05, 4.69) is 0 Å². The maximum Gasteiger partial charge on any atom is 0.471 e. The molecule has 1 N–H and O–H groups in total. The molecule has 2 aromatic rings. The minimum Gasteiger partial charge on any atom is -0.496 e. The molecule has 0 saturated heterocycles. The molecule has 0 fully saturated rings. The van der Waals surface area contributed by atoms with Crippen molar-refractivity contribution in [2.45, 2.75) is 13.1 Å². The highest BCUT2D eigenvalue weighted by atomic mass is 19.4. The van der Waals surface area contributed by atoms with E-state index in [1.807, 2.05) is 0 Å². The average Bonchev–Trinajstić information content (AvgIpc) is 2.60. The van der Waals surface area contributed by atoms with Gasteiger partial charge in [0.05, 0.1) is 12.7 Å². The zero-order valence-corrected chi connectivity index (χ0v) is 14.2. The second kappa shape index (κ2) is 7.90. The molecule has 0 heterocycles. The lowest BCUT2D eigenvalue weighted by Crippen LogP contribution is -2.30. The highest BCUT2D eigenvalue weighted by Gasteiger charge is 2.39. The first-order valence-corrected chi connectivity index (χ1v) is 7.52. The number of esters is 1. The number of ketones is 1. The SMILES string of the molecule is COc1cc(NC(=O)C(F)(F)F)cc(OC(=O)c2ccccc2)c1C(C)=O. The van der Waals surface area contributed by atoms with Gasteiger partial charge >= 0.3 is 18.1 Å². The van der Waals surface area contributed by atoms with Crippen LogP contribution in [0.1, 0.15) is 27.6 Å². The molecule has 0 radical (unpaired) electrons. The number of ether oxygens (including phenoxy) is 2. The summed E-state index contributed by atoms with van der Waals surface area (Å²) >= 11 is 0. The van der Waals surface area contributed by atoms with E-state index in [0.717, 1.165) is 12.1 Å². The topological polar surface area (TPSA) is 81.7 Å². The fourth-order valence-electron chi connectivity index (χ4n) is 2.19. The van der Waals surface area contributed by atoms with E-state index in [-0.39, 0.29) is 28.3 Å². The van der Waals surface area contributed by atoms with Gasteiger partial charge in [-0.25, -0.2) is 4.79 Å². The molecule has 0 aliphatic heterocycles.